The van der Waals surface area contributed by atoms with Gasteiger partial charge in [0.15, 0.2) is 18.2 Å². The van der Waals surface area contributed by atoms with Crippen LogP contribution in [0.5, 0.6) is 0 Å². The van der Waals surface area contributed by atoms with Crippen molar-refractivity contribution in [2.24, 2.45) is 4.99 Å². The molecule has 0 saturated carbocycles. The minimum atomic E-state index is -0.494. The Morgan fingerprint density at radius 3 is 2.44 bits per heavy atom. The average molecular weight is 461 g/mol. The molecule has 8 heteroatoms. The number of aliphatic imine (C=N–C) groups is 1. The van der Waals surface area contributed by atoms with Crippen molar-refractivity contribution in [3.05, 3.63) is 71.3 Å². The Kier molecular flexibility index (Phi) is 6.24. The number of rotatable bonds is 5. The number of carbonyl (C=O) groups excluding carboxylic acids is 2. The highest BCUT2D eigenvalue weighted by molar-refractivity contribution is 6.03. The van der Waals surface area contributed by atoms with E-state index in [1.165, 1.54) is 16.7 Å². The summed E-state index contributed by atoms with van der Waals surface area (Å²) in [6, 6.07) is 18.1. The van der Waals surface area contributed by atoms with Crippen molar-refractivity contribution in [3.8, 4) is 0 Å². The molecule has 2 saturated heterocycles. The van der Waals surface area contributed by atoms with Crippen LogP contribution in [0.4, 0.5) is 4.79 Å². The van der Waals surface area contributed by atoms with Crippen molar-refractivity contribution in [1.82, 2.24) is 24.9 Å². The van der Waals surface area contributed by atoms with Crippen molar-refractivity contribution < 1.29 is 9.59 Å². The Hall–Kier alpha value is -3.39. The van der Waals surface area contributed by atoms with Gasteiger partial charge in [0.05, 0.1) is 0 Å². The SMILES string of the molecule is Cc1cccc(CN2CCN(C3=NC4C(C(=O)NC(=O)N4C)N3CCc3ccccc3)CC2)c1. The van der Waals surface area contributed by atoms with Crippen LogP contribution in [-0.4, -0.2) is 89.5 Å². The van der Waals surface area contributed by atoms with Crippen LogP contribution in [0.3, 0.4) is 0 Å². The highest BCUT2D eigenvalue weighted by Gasteiger charge is 2.49. The zero-order valence-corrected chi connectivity index (χ0v) is 19.9. The minimum Gasteiger partial charge on any atom is -0.340 e. The smallest absolute Gasteiger partial charge is 0.325 e. The fourth-order valence-corrected chi connectivity index (χ4v) is 5.08. The predicted octanol–water partition coefficient (Wildman–Crippen LogP) is 1.90. The Bertz CT molecular complexity index is 1080. The molecule has 3 aliphatic rings. The molecule has 1 N–H and O–H groups in total. The van der Waals surface area contributed by atoms with Gasteiger partial charge in [-0.05, 0) is 24.5 Å². The molecule has 2 aromatic carbocycles. The number of fused-ring (bicyclic) bond motifs is 1. The van der Waals surface area contributed by atoms with Gasteiger partial charge in [-0.2, -0.15) is 0 Å². The number of imide groups is 1. The summed E-state index contributed by atoms with van der Waals surface area (Å²) in [5, 5.41) is 2.50. The van der Waals surface area contributed by atoms with Crippen molar-refractivity contribution >= 4 is 17.9 Å². The van der Waals surface area contributed by atoms with E-state index in [0.29, 0.717) is 6.54 Å². The van der Waals surface area contributed by atoms with Gasteiger partial charge >= 0.3 is 6.03 Å². The summed E-state index contributed by atoms with van der Waals surface area (Å²) in [7, 11) is 1.71. The first-order valence-electron chi connectivity index (χ1n) is 12.0. The fourth-order valence-electron chi connectivity index (χ4n) is 5.08. The number of likely N-dealkylation sites (N-methyl/N-ethyl adjacent to an activating group) is 1. The number of aryl methyl sites for hydroxylation is 1. The van der Waals surface area contributed by atoms with E-state index < -0.39 is 12.2 Å². The van der Waals surface area contributed by atoms with Gasteiger partial charge in [-0.1, -0.05) is 60.2 Å². The Morgan fingerprint density at radius 2 is 1.71 bits per heavy atom. The van der Waals surface area contributed by atoms with E-state index in [2.05, 4.69) is 63.3 Å². The summed E-state index contributed by atoms with van der Waals surface area (Å²) in [5.74, 6) is 0.566. The number of guanidine groups is 1. The quantitative estimate of drug-likeness (QED) is 0.738. The minimum absolute atomic E-state index is 0.266. The maximum absolute atomic E-state index is 12.9. The van der Waals surface area contributed by atoms with Crippen molar-refractivity contribution in [2.75, 3.05) is 39.8 Å². The highest BCUT2D eigenvalue weighted by Crippen LogP contribution is 2.26. The lowest BCUT2D eigenvalue weighted by molar-refractivity contribution is -0.127. The zero-order chi connectivity index (χ0) is 23.7. The van der Waals surface area contributed by atoms with E-state index >= 15 is 0 Å². The van der Waals surface area contributed by atoms with Gasteiger partial charge in [-0.25, -0.2) is 9.79 Å². The van der Waals surface area contributed by atoms with E-state index in [4.69, 9.17) is 4.99 Å². The predicted molar refractivity (Wildman–Crippen MR) is 131 cm³/mol. The average Bonchev–Trinajstić information content (AvgIpc) is 3.23. The zero-order valence-electron chi connectivity index (χ0n) is 19.9. The molecule has 0 radical (unpaired) electrons. The van der Waals surface area contributed by atoms with Gasteiger partial charge in [-0.15, -0.1) is 0 Å². The molecule has 2 unspecified atom stereocenters. The highest BCUT2D eigenvalue weighted by atomic mass is 16.2. The maximum atomic E-state index is 12.9. The Morgan fingerprint density at radius 1 is 0.971 bits per heavy atom. The fraction of sp³-hybridized carbons (Fsp3) is 0.423. The summed E-state index contributed by atoms with van der Waals surface area (Å²) < 4.78 is 0. The van der Waals surface area contributed by atoms with Crippen molar-refractivity contribution in [2.45, 2.75) is 32.1 Å². The Balaban J connectivity index is 1.30. The summed E-state index contributed by atoms with van der Waals surface area (Å²) in [5.41, 5.74) is 3.83. The largest absolute Gasteiger partial charge is 0.340 e. The second-order valence-electron chi connectivity index (χ2n) is 9.37. The van der Waals surface area contributed by atoms with Gasteiger partial charge in [0.1, 0.15) is 0 Å². The first kappa shape index (κ1) is 22.4. The molecule has 3 amide bonds. The van der Waals surface area contributed by atoms with Crippen molar-refractivity contribution in [1.29, 1.82) is 0 Å². The first-order chi connectivity index (χ1) is 16.5. The maximum Gasteiger partial charge on any atom is 0.325 e. The van der Waals surface area contributed by atoms with E-state index in [1.54, 1.807) is 11.9 Å². The van der Waals surface area contributed by atoms with Gasteiger partial charge in [-0.3, -0.25) is 15.0 Å². The van der Waals surface area contributed by atoms with Gasteiger partial charge < -0.3 is 14.7 Å². The van der Waals surface area contributed by atoms with Crippen molar-refractivity contribution in [3.63, 3.8) is 0 Å². The number of amides is 3. The monoisotopic (exact) mass is 460 g/mol. The number of urea groups is 1. The molecule has 5 rings (SSSR count). The standard InChI is InChI=1S/C26H32N6O2/c1-19-7-6-10-21(17-19)18-30-13-15-31(16-14-30)25-27-23-22(24(33)28-26(34)29(23)2)32(25)12-11-20-8-4-3-5-9-20/h3-10,17,22-23H,11-16,18H2,1-2H3,(H,28,33,34). The van der Waals surface area contributed by atoms with E-state index in [-0.39, 0.29) is 11.9 Å². The number of hydrogen-bond donors (Lipinski definition) is 1. The van der Waals surface area contributed by atoms with Crippen LogP contribution in [0, 0.1) is 6.92 Å². The van der Waals surface area contributed by atoms with Crippen LogP contribution in [0.15, 0.2) is 59.6 Å². The van der Waals surface area contributed by atoms with Crippen LogP contribution >= 0.6 is 0 Å². The molecule has 34 heavy (non-hydrogen) atoms. The van der Waals surface area contributed by atoms with Gasteiger partial charge in [0, 0.05) is 46.3 Å². The number of nitrogens with zero attached hydrogens (tertiary/aromatic N) is 5. The second kappa shape index (κ2) is 9.46. The molecule has 0 bridgehead atoms. The van der Waals surface area contributed by atoms with Gasteiger partial charge in [0.25, 0.3) is 5.91 Å². The lowest BCUT2D eigenvalue weighted by Crippen LogP contribution is -2.64. The molecular formula is C26H32N6O2. The molecule has 178 valence electrons. The van der Waals surface area contributed by atoms with Crippen LogP contribution < -0.4 is 5.32 Å². The van der Waals surface area contributed by atoms with Gasteiger partial charge in [0.2, 0.25) is 0 Å². The van der Waals surface area contributed by atoms with E-state index in [1.807, 2.05) is 18.2 Å². The molecule has 3 heterocycles. The summed E-state index contributed by atoms with van der Waals surface area (Å²) in [6.45, 7) is 7.26. The number of hydrogen-bond acceptors (Lipinski definition) is 6. The second-order valence-corrected chi connectivity index (χ2v) is 9.37. The third kappa shape index (κ3) is 4.50. The molecule has 8 nitrogen and oxygen atoms in total. The molecule has 2 aromatic rings. The lowest BCUT2D eigenvalue weighted by atomic mass is 10.1. The van der Waals surface area contributed by atoms with E-state index in [9.17, 15) is 9.59 Å². The van der Waals surface area contributed by atoms with Crippen LogP contribution in [0.2, 0.25) is 0 Å². The number of nitrogens with one attached hydrogen (secondary N) is 1. The molecular weight excluding hydrogens is 428 g/mol. The number of piperazine rings is 1. The lowest BCUT2D eigenvalue weighted by Gasteiger charge is -2.40. The molecule has 2 atom stereocenters. The third-order valence-electron chi connectivity index (χ3n) is 6.97. The molecule has 3 aliphatic heterocycles. The molecule has 0 spiro atoms. The van der Waals surface area contributed by atoms with Crippen LogP contribution in [-0.2, 0) is 17.8 Å². The molecule has 2 fully saturated rings. The topological polar surface area (TPSA) is 71.5 Å². The molecule has 0 aliphatic carbocycles. The summed E-state index contributed by atoms with van der Waals surface area (Å²) in [6.07, 6.45) is 0.318. The summed E-state index contributed by atoms with van der Waals surface area (Å²) in [4.78, 5) is 38.4. The van der Waals surface area contributed by atoms with Crippen LogP contribution in [0.1, 0.15) is 16.7 Å². The van der Waals surface area contributed by atoms with E-state index in [0.717, 1.165) is 45.1 Å². The van der Waals surface area contributed by atoms with Crippen LogP contribution in [0.25, 0.3) is 0 Å². The third-order valence-corrected chi connectivity index (χ3v) is 6.97. The molecule has 0 aromatic heterocycles. The normalized spacial score (nSPS) is 23.1. The summed E-state index contributed by atoms with van der Waals surface area (Å²) >= 11 is 0. The number of carbonyl (C=O) groups is 2. The Labute approximate surface area is 200 Å². The number of benzene rings is 2. The first-order valence-corrected chi connectivity index (χ1v) is 12.0.